The summed E-state index contributed by atoms with van der Waals surface area (Å²) in [5.41, 5.74) is 3.77. The highest BCUT2D eigenvalue weighted by Gasteiger charge is 2.16. The topological polar surface area (TPSA) is 130 Å². The Morgan fingerprint density at radius 3 is 2.70 bits per heavy atom. The molecule has 4 aromatic rings. The number of amides is 2. The van der Waals surface area contributed by atoms with Crippen molar-refractivity contribution < 1.29 is 14.3 Å². The van der Waals surface area contributed by atoms with Crippen LogP contribution in [0.4, 0.5) is 11.4 Å². The zero-order chi connectivity index (χ0) is 23.5. The smallest absolute Gasteiger partial charge is 0.266 e. The number of rotatable bonds is 6. The number of hydrogen-bond acceptors (Lipinski definition) is 6. The van der Waals surface area contributed by atoms with Crippen molar-refractivity contribution in [1.29, 1.82) is 0 Å². The van der Waals surface area contributed by atoms with Crippen molar-refractivity contribution in [3.05, 3.63) is 81.7 Å². The van der Waals surface area contributed by atoms with Crippen molar-refractivity contribution in [2.45, 2.75) is 20.3 Å². The van der Waals surface area contributed by atoms with E-state index in [1.807, 2.05) is 6.92 Å². The molecule has 0 aliphatic heterocycles. The number of H-pyrrole nitrogens is 1. The van der Waals surface area contributed by atoms with E-state index in [1.54, 1.807) is 48.0 Å². The van der Waals surface area contributed by atoms with Gasteiger partial charge >= 0.3 is 0 Å². The van der Waals surface area contributed by atoms with Gasteiger partial charge in [0.2, 0.25) is 5.91 Å². The number of carbonyl (C=O) groups excluding carboxylic acids is 2. The van der Waals surface area contributed by atoms with E-state index in [9.17, 15) is 14.4 Å². The van der Waals surface area contributed by atoms with Crippen molar-refractivity contribution >= 4 is 28.8 Å². The SMILES string of the molecule is COc1cc(NC(=O)Cc2c(C)nc3cc(=O)[nH]n3c2C)ccc1NC(=O)c1cccnc1. The van der Waals surface area contributed by atoms with Gasteiger partial charge in [0.05, 0.1) is 24.8 Å². The first kappa shape index (κ1) is 21.8. The number of pyridine rings is 1. The number of ether oxygens (including phenoxy) is 1. The van der Waals surface area contributed by atoms with E-state index in [-0.39, 0.29) is 23.8 Å². The summed E-state index contributed by atoms with van der Waals surface area (Å²) in [5.74, 6) is -0.188. The molecule has 3 heterocycles. The number of benzene rings is 1. The van der Waals surface area contributed by atoms with Crippen LogP contribution in [0.25, 0.3) is 5.65 Å². The Balaban J connectivity index is 1.50. The van der Waals surface area contributed by atoms with Crippen LogP contribution in [-0.2, 0) is 11.2 Å². The predicted molar refractivity (Wildman–Crippen MR) is 123 cm³/mol. The van der Waals surface area contributed by atoms with Crippen LogP contribution in [0.5, 0.6) is 5.75 Å². The van der Waals surface area contributed by atoms with Crippen LogP contribution < -0.4 is 20.9 Å². The fourth-order valence-corrected chi connectivity index (χ4v) is 3.54. The number of fused-ring (bicyclic) bond motifs is 1. The van der Waals surface area contributed by atoms with Gasteiger partial charge < -0.3 is 15.4 Å². The van der Waals surface area contributed by atoms with Gasteiger partial charge in [-0.3, -0.25) is 24.5 Å². The molecule has 0 spiro atoms. The van der Waals surface area contributed by atoms with Crippen molar-refractivity contribution in [2.24, 2.45) is 0 Å². The maximum Gasteiger partial charge on any atom is 0.266 e. The summed E-state index contributed by atoms with van der Waals surface area (Å²) in [5, 5.41) is 8.29. The Morgan fingerprint density at radius 2 is 1.97 bits per heavy atom. The maximum atomic E-state index is 12.7. The minimum absolute atomic E-state index is 0.0721. The molecule has 33 heavy (non-hydrogen) atoms. The summed E-state index contributed by atoms with van der Waals surface area (Å²) in [4.78, 5) is 45.1. The molecule has 0 atom stereocenters. The van der Waals surface area contributed by atoms with Gasteiger partial charge in [-0.15, -0.1) is 0 Å². The Bertz CT molecular complexity index is 1410. The summed E-state index contributed by atoms with van der Waals surface area (Å²) >= 11 is 0. The minimum Gasteiger partial charge on any atom is -0.494 e. The second-order valence-corrected chi connectivity index (χ2v) is 7.41. The van der Waals surface area contributed by atoms with Gasteiger partial charge in [0.1, 0.15) is 5.75 Å². The average Bonchev–Trinajstić information content (AvgIpc) is 3.18. The molecule has 0 unspecified atom stereocenters. The van der Waals surface area contributed by atoms with Crippen LogP contribution in [0.2, 0.25) is 0 Å². The maximum absolute atomic E-state index is 12.7. The first-order valence-electron chi connectivity index (χ1n) is 10.1. The monoisotopic (exact) mass is 446 g/mol. The molecule has 3 aromatic heterocycles. The number of aryl methyl sites for hydroxylation is 2. The molecule has 3 N–H and O–H groups in total. The highest BCUT2D eigenvalue weighted by atomic mass is 16.5. The molecule has 2 amide bonds. The molecule has 1 aromatic carbocycles. The summed E-state index contributed by atoms with van der Waals surface area (Å²) in [6.07, 6.45) is 3.13. The second-order valence-electron chi connectivity index (χ2n) is 7.41. The summed E-state index contributed by atoms with van der Waals surface area (Å²) in [6.45, 7) is 3.62. The number of nitrogens with one attached hydrogen (secondary N) is 3. The highest BCUT2D eigenvalue weighted by molar-refractivity contribution is 6.05. The van der Waals surface area contributed by atoms with E-state index in [1.165, 1.54) is 19.4 Å². The largest absolute Gasteiger partial charge is 0.494 e. The lowest BCUT2D eigenvalue weighted by atomic mass is 10.1. The lowest BCUT2D eigenvalue weighted by Crippen LogP contribution is -2.18. The van der Waals surface area contributed by atoms with E-state index < -0.39 is 0 Å². The first-order chi connectivity index (χ1) is 15.9. The van der Waals surface area contributed by atoms with Gasteiger partial charge in [0.25, 0.3) is 11.5 Å². The molecule has 0 saturated heterocycles. The third kappa shape index (κ3) is 4.59. The first-order valence-corrected chi connectivity index (χ1v) is 10.1. The van der Waals surface area contributed by atoms with Crippen LogP contribution in [0.1, 0.15) is 27.3 Å². The lowest BCUT2D eigenvalue weighted by Gasteiger charge is -2.14. The Morgan fingerprint density at radius 1 is 1.15 bits per heavy atom. The number of methoxy groups -OCH3 is 1. The zero-order valence-corrected chi connectivity index (χ0v) is 18.3. The van der Waals surface area contributed by atoms with E-state index in [2.05, 4.69) is 25.7 Å². The number of nitrogens with zero attached hydrogens (tertiary/aromatic N) is 3. The van der Waals surface area contributed by atoms with Gasteiger partial charge in [-0.05, 0) is 38.1 Å². The van der Waals surface area contributed by atoms with Gasteiger partial charge in [-0.25, -0.2) is 9.50 Å². The number of anilines is 2. The molecule has 168 valence electrons. The Hall–Kier alpha value is -4.47. The summed E-state index contributed by atoms with van der Waals surface area (Å²) in [6, 6.07) is 9.69. The van der Waals surface area contributed by atoms with Crippen LogP contribution in [-0.4, -0.2) is 38.5 Å². The molecule has 0 saturated carbocycles. The third-order valence-corrected chi connectivity index (χ3v) is 5.20. The van der Waals surface area contributed by atoms with Gasteiger partial charge in [-0.1, -0.05) is 0 Å². The molecular formula is C23H22N6O4. The van der Waals surface area contributed by atoms with Crippen LogP contribution in [0.3, 0.4) is 0 Å². The molecule has 10 heteroatoms. The fraction of sp³-hybridized carbons (Fsp3) is 0.174. The highest BCUT2D eigenvalue weighted by Crippen LogP contribution is 2.28. The normalized spacial score (nSPS) is 10.8. The molecule has 0 radical (unpaired) electrons. The van der Waals surface area contributed by atoms with Crippen molar-refractivity contribution in [3.8, 4) is 5.75 Å². The predicted octanol–water partition coefficient (Wildman–Crippen LogP) is 2.48. The number of hydrogen-bond donors (Lipinski definition) is 3. The summed E-state index contributed by atoms with van der Waals surface area (Å²) < 4.78 is 6.95. The van der Waals surface area contributed by atoms with Crippen LogP contribution in [0, 0.1) is 13.8 Å². The molecule has 4 rings (SSSR count). The molecule has 10 nitrogen and oxygen atoms in total. The summed E-state index contributed by atoms with van der Waals surface area (Å²) in [7, 11) is 1.48. The molecule has 0 fully saturated rings. The number of aromatic nitrogens is 4. The van der Waals surface area contributed by atoms with E-state index in [4.69, 9.17) is 4.74 Å². The van der Waals surface area contributed by atoms with Crippen LogP contribution >= 0.6 is 0 Å². The molecule has 0 aliphatic carbocycles. The fourth-order valence-electron chi connectivity index (χ4n) is 3.54. The van der Waals surface area contributed by atoms with E-state index in [0.717, 1.165) is 11.3 Å². The van der Waals surface area contributed by atoms with Gasteiger partial charge in [-0.2, -0.15) is 0 Å². The standard InChI is InChI=1S/C23H22N6O4/c1-13-17(14(2)29-20(25-13)11-22(31)28-29)10-21(30)26-16-6-7-18(19(9-16)33-3)27-23(32)15-5-4-8-24-12-15/h4-9,11-12H,10H2,1-3H3,(H,26,30)(H,27,32)(H,28,31). The van der Waals surface area contributed by atoms with Gasteiger partial charge in [0.15, 0.2) is 5.65 Å². The van der Waals surface area contributed by atoms with Crippen LogP contribution in [0.15, 0.2) is 53.6 Å². The van der Waals surface area contributed by atoms with Crippen molar-refractivity contribution in [2.75, 3.05) is 17.7 Å². The lowest BCUT2D eigenvalue weighted by molar-refractivity contribution is -0.115. The Labute approximate surface area is 188 Å². The number of carbonyl (C=O) groups is 2. The quantitative estimate of drug-likeness (QED) is 0.417. The van der Waals surface area contributed by atoms with E-state index >= 15 is 0 Å². The number of aromatic amines is 1. The average molecular weight is 446 g/mol. The molecule has 0 aliphatic rings. The third-order valence-electron chi connectivity index (χ3n) is 5.20. The second kappa shape index (κ2) is 8.95. The van der Waals surface area contributed by atoms with E-state index in [0.29, 0.717) is 34.0 Å². The van der Waals surface area contributed by atoms with Crippen molar-refractivity contribution in [3.63, 3.8) is 0 Å². The molecular weight excluding hydrogens is 424 g/mol. The van der Waals surface area contributed by atoms with Gasteiger partial charge in [0, 0.05) is 47.2 Å². The minimum atomic E-state index is -0.324. The van der Waals surface area contributed by atoms with Crippen molar-refractivity contribution in [1.82, 2.24) is 19.6 Å². The Kier molecular flexibility index (Phi) is 5.90. The zero-order valence-electron chi connectivity index (χ0n) is 18.3. The molecule has 0 bridgehead atoms.